The third-order valence-corrected chi connectivity index (χ3v) is 2.34. The van der Waals surface area contributed by atoms with Crippen LogP contribution in [0.1, 0.15) is 6.92 Å². The molecular formula is C13H11F2NO3. The average molecular weight is 267 g/mol. The molecule has 4 nitrogen and oxygen atoms in total. The Balaban J connectivity index is 2.23. The fraction of sp³-hybridized carbons (Fsp3) is 0.231. The highest BCUT2D eigenvalue weighted by molar-refractivity contribution is 5.80. The number of nitrogens with zero attached hydrogens (tertiary/aromatic N) is 1. The van der Waals surface area contributed by atoms with Crippen molar-refractivity contribution in [1.29, 1.82) is 0 Å². The van der Waals surface area contributed by atoms with Crippen molar-refractivity contribution >= 4 is 16.9 Å². The molecule has 0 aliphatic heterocycles. The van der Waals surface area contributed by atoms with E-state index < -0.39 is 12.1 Å². The lowest BCUT2D eigenvalue weighted by Crippen LogP contribution is -2.36. The second-order valence-corrected chi connectivity index (χ2v) is 3.70. The predicted octanol–water partition coefficient (Wildman–Crippen LogP) is 2.77. The SMILES string of the molecule is CCOC(=O)C(F)(F)Oc1ccc2cccnc2c1. The van der Waals surface area contributed by atoms with Gasteiger partial charge in [-0.05, 0) is 25.1 Å². The van der Waals surface area contributed by atoms with Crippen LogP contribution < -0.4 is 4.74 Å². The van der Waals surface area contributed by atoms with Crippen molar-refractivity contribution in [3.63, 3.8) is 0 Å². The Morgan fingerprint density at radius 2 is 2.16 bits per heavy atom. The lowest BCUT2D eigenvalue weighted by Gasteiger charge is -2.16. The number of carbonyl (C=O) groups is 1. The fourth-order valence-corrected chi connectivity index (χ4v) is 1.51. The van der Waals surface area contributed by atoms with E-state index in [-0.39, 0.29) is 12.4 Å². The van der Waals surface area contributed by atoms with Gasteiger partial charge in [0, 0.05) is 17.6 Å². The molecule has 0 saturated heterocycles. The molecule has 0 aliphatic carbocycles. The monoisotopic (exact) mass is 267 g/mol. The molecule has 0 saturated carbocycles. The number of aromatic nitrogens is 1. The van der Waals surface area contributed by atoms with Gasteiger partial charge < -0.3 is 9.47 Å². The lowest BCUT2D eigenvalue weighted by molar-refractivity contribution is -0.216. The summed E-state index contributed by atoms with van der Waals surface area (Å²) in [5.74, 6) is -1.86. The van der Waals surface area contributed by atoms with Gasteiger partial charge in [-0.25, -0.2) is 4.79 Å². The molecule has 2 rings (SSSR count). The van der Waals surface area contributed by atoms with Gasteiger partial charge in [0.05, 0.1) is 12.1 Å². The van der Waals surface area contributed by atoms with Gasteiger partial charge in [0.2, 0.25) is 0 Å². The second-order valence-electron chi connectivity index (χ2n) is 3.70. The Morgan fingerprint density at radius 3 is 2.89 bits per heavy atom. The van der Waals surface area contributed by atoms with E-state index in [0.29, 0.717) is 5.52 Å². The molecule has 1 aromatic heterocycles. The van der Waals surface area contributed by atoms with Crippen LogP contribution in [0.3, 0.4) is 0 Å². The van der Waals surface area contributed by atoms with Gasteiger partial charge in [0.25, 0.3) is 0 Å². The molecule has 1 heterocycles. The zero-order valence-corrected chi connectivity index (χ0v) is 10.1. The third-order valence-electron chi connectivity index (χ3n) is 2.34. The number of pyridine rings is 1. The molecule has 0 spiro atoms. The summed E-state index contributed by atoms with van der Waals surface area (Å²) in [5.41, 5.74) is 0.500. The molecule has 0 radical (unpaired) electrons. The van der Waals surface area contributed by atoms with Gasteiger partial charge in [-0.2, -0.15) is 8.78 Å². The van der Waals surface area contributed by atoms with E-state index in [0.717, 1.165) is 5.39 Å². The largest absolute Gasteiger partial charge is 0.502 e. The maximum absolute atomic E-state index is 13.4. The van der Waals surface area contributed by atoms with Gasteiger partial charge >= 0.3 is 12.1 Å². The van der Waals surface area contributed by atoms with Crippen LogP contribution >= 0.6 is 0 Å². The summed E-state index contributed by atoms with van der Waals surface area (Å²) in [6.45, 7) is 1.30. The molecule has 0 atom stereocenters. The van der Waals surface area contributed by atoms with Gasteiger partial charge in [-0.1, -0.05) is 6.07 Å². The van der Waals surface area contributed by atoms with Crippen molar-refractivity contribution in [1.82, 2.24) is 4.98 Å². The number of hydrogen-bond donors (Lipinski definition) is 0. The minimum Gasteiger partial charge on any atom is -0.459 e. The predicted molar refractivity (Wildman–Crippen MR) is 64.0 cm³/mol. The number of hydrogen-bond acceptors (Lipinski definition) is 4. The van der Waals surface area contributed by atoms with Gasteiger partial charge in [0.1, 0.15) is 5.75 Å². The zero-order chi connectivity index (χ0) is 13.9. The normalized spacial score (nSPS) is 11.3. The van der Waals surface area contributed by atoms with Crippen LogP contribution in [0, 0.1) is 0 Å². The number of alkyl halides is 2. The van der Waals surface area contributed by atoms with E-state index in [1.807, 2.05) is 0 Å². The van der Waals surface area contributed by atoms with Crippen LogP contribution in [0.4, 0.5) is 8.78 Å². The topological polar surface area (TPSA) is 48.4 Å². The zero-order valence-electron chi connectivity index (χ0n) is 10.1. The molecule has 0 amide bonds. The summed E-state index contributed by atoms with van der Waals surface area (Å²) in [6, 6.07) is 7.78. The summed E-state index contributed by atoms with van der Waals surface area (Å²) in [7, 11) is 0. The molecule has 0 N–H and O–H groups in total. The van der Waals surface area contributed by atoms with Crippen molar-refractivity contribution in [3.8, 4) is 5.75 Å². The Morgan fingerprint density at radius 1 is 1.37 bits per heavy atom. The maximum Gasteiger partial charge on any atom is 0.502 e. The number of carbonyl (C=O) groups excluding carboxylic acids is 1. The van der Waals surface area contributed by atoms with E-state index >= 15 is 0 Å². The highest BCUT2D eigenvalue weighted by Crippen LogP contribution is 2.25. The van der Waals surface area contributed by atoms with E-state index in [1.54, 1.807) is 18.2 Å². The van der Waals surface area contributed by atoms with Crippen LogP contribution in [-0.2, 0) is 9.53 Å². The van der Waals surface area contributed by atoms with Crippen LogP contribution in [0.2, 0.25) is 0 Å². The first-order valence-electron chi connectivity index (χ1n) is 5.62. The molecule has 19 heavy (non-hydrogen) atoms. The first-order valence-corrected chi connectivity index (χ1v) is 5.62. The van der Waals surface area contributed by atoms with Gasteiger partial charge in [-0.15, -0.1) is 0 Å². The summed E-state index contributed by atoms with van der Waals surface area (Å²) >= 11 is 0. The number of halogens is 2. The molecule has 6 heteroatoms. The highest BCUT2D eigenvalue weighted by Gasteiger charge is 2.44. The third kappa shape index (κ3) is 2.96. The first-order chi connectivity index (χ1) is 9.03. The summed E-state index contributed by atoms with van der Waals surface area (Å²) in [5, 5.41) is 0.786. The molecule has 1 aromatic carbocycles. The van der Waals surface area contributed by atoms with Crippen molar-refractivity contribution in [2.75, 3.05) is 6.61 Å². The summed E-state index contributed by atoms with van der Waals surface area (Å²) in [6.07, 6.45) is -2.48. The Kier molecular flexibility index (Phi) is 3.59. The van der Waals surface area contributed by atoms with E-state index in [1.165, 1.54) is 25.3 Å². The number of esters is 1. The summed E-state index contributed by atoms with van der Waals surface area (Å²) in [4.78, 5) is 15.0. The van der Waals surface area contributed by atoms with Crippen molar-refractivity contribution in [2.45, 2.75) is 13.0 Å². The maximum atomic E-state index is 13.4. The molecular weight excluding hydrogens is 256 g/mol. The lowest BCUT2D eigenvalue weighted by atomic mass is 10.2. The number of ether oxygens (including phenoxy) is 2. The van der Waals surface area contributed by atoms with E-state index in [9.17, 15) is 13.6 Å². The second kappa shape index (κ2) is 5.17. The minimum absolute atomic E-state index is 0.142. The molecule has 0 fully saturated rings. The molecule has 2 aromatic rings. The Labute approximate surface area is 108 Å². The van der Waals surface area contributed by atoms with Crippen molar-refractivity contribution in [3.05, 3.63) is 36.5 Å². The van der Waals surface area contributed by atoms with Crippen molar-refractivity contribution in [2.24, 2.45) is 0 Å². The smallest absolute Gasteiger partial charge is 0.459 e. The molecule has 0 bridgehead atoms. The Hall–Kier alpha value is -2.24. The van der Waals surface area contributed by atoms with Gasteiger partial charge in [0.15, 0.2) is 0 Å². The molecule has 0 aliphatic rings. The van der Waals surface area contributed by atoms with Crippen LogP contribution in [0.5, 0.6) is 5.75 Å². The van der Waals surface area contributed by atoms with Crippen LogP contribution in [0.25, 0.3) is 10.9 Å². The standard InChI is InChI=1S/C13H11F2NO3/c1-2-18-12(17)13(14,15)19-10-6-5-9-4-3-7-16-11(9)8-10/h3-8H,2H2,1H3. The van der Waals surface area contributed by atoms with Crippen LogP contribution in [0.15, 0.2) is 36.5 Å². The van der Waals surface area contributed by atoms with E-state index in [4.69, 9.17) is 0 Å². The quantitative estimate of drug-likeness (QED) is 0.799. The average Bonchev–Trinajstić information content (AvgIpc) is 2.38. The van der Waals surface area contributed by atoms with Crippen LogP contribution in [-0.4, -0.2) is 23.7 Å². The highest BCUT2D eigenvalue weighted by atomic mass is 19.3. The van der Waals surface area contributed by atoms with Gasteiger partial charge in [-0.3, -0.25) is 4.98 Å². The first kappa shape index (κ1) is 13.2. The van der Waals surface area contributed by atoms with Crippen molar-refractivity contribution < 1.29 is 23.0 Å². The summed E-state index contributed by atoms with van der Waals surface area (Å²) < 4.78 is 35.4. The van der Waals surface area contributed by atoms with E-state index in [2.05, 4.69) is 14.5 Å². The number of rotatable bonds is 4. The molecule has 100 valence electrons. The Bertz CT molecular complexity index is 601. The molecule has 0 unspecified atom stereocenters. The number of benzene rings is 1. The number of fused-ring (bicyclic) bond motifs is 1. The minimum atomic E-state index is -4.02. The fourth-order valence-electron chi connectivity index (χ4n) is 1.51.